The van der Waals surface area contributed by atoms with Gasteiger partial charge in [0.1, 0.15) is 18.3 Å². The zero-order valence-electron chi connectivity index (χ0n) is 17.8. The van der Waals surface area contributed by atoms with Crippen molar-refractivity contribution in [3.63, 3.8) is 0 Å². The summed E-state index contributed by atoms with van der Waals surface area (Å²) >= 11 is 0. The summed E-state index contributed by atoms with van der Waals surface area (Å²) in [5.74, 6) is 0. The minimum absolute atomic E-state index is 0.225. The highest BCUT2D eigenvalue weighted by Crippen LogP contribution is 2.47. The lowest BCUT2D eigenvalue weighted by Gasteiger charge is -2.51. The Morgan fingerprint density at radius 3 is 1.81 bits per heavy atom. The SMILES string of the molecule is CO[C@@H]1O[C@H]2CO[Si](C(C)C)(C(C)C)O[Si](C(C)C)(C(C)C)O[C@@H]2[C@@H]1O. The van der Waals surface area contributed by atoms with Crippen molar-refractivity contribution in [1.82, 2.24) is 0 Å². The molecule has 0 unspecified atom stereocenters. The number of rotatable bonds is 5. The molecular formula is C18H38O6Si2. The van der Waals surface area contributed by atoms with Crippen LogP contribution in [0.2, 0.25) is 22.2 Å². The lowest BCUT2D eigenvalue weighted by Crippen LogP contribution is -2.65. The van der Waals surface area contributed by atoms with Gasteiger partial charge in [0.25, 0.3) is 0 Å². The normalized spacial score (nSPS) is 34.4. The molecule has 0 amide bonds. The average molecular weight is 407 g/mol. The summed E-state index contributed by atoms with van der Waals surface area (Å²) in [6.07, 6.45) is -2.35. The molecule has 2 heterocycles. The van der Waals surface area contributed by atoms with Crippen LogP contribution in [0.5, 0.6) is 0 Å². The van der Waals surface area contributed by atoms with E-state index < -0.39 is 35.6 Å². The van der Waals surface area contributed by atoms with E-state index in [4.69, 9.17) is 22.4 Å². The number of ether oxygens (including phenoxy) is 2. The number of hydrogen-bond donors (Lipinski definition) is 1. The van der Waals surface area contributed by atoms with Crippen LogP contribution in [0, 0.1) is 0 Å². The smallest absolute Gasteiger partial charge is 0.335 e. The first-order valence-electron chi connectivity index (χ1n) is 9.90. The molecule has 2 aliphatic rings. The molecular weight excluding hydrogens is 368 g/mol. The first-order chi connectivity index (χ1) is 12.0. The van der Waals surface area contributed by atoms with Crippen molar-refractivity contribution in [3.8, 4) is 0 Å². The lowest BCUT2D eigenvalue weighted by atomic mass is 10.1. The van der Waals surface area contributed by atoms with Gasteiger partial charge in [0, 0.05) is 7.11 Å². The van der Waals surface area contributed by atoms with Crippen molar-refractivity contribution in [2.45, 2.75) is 102 Å². The van der Waals surface area contributed by atoms with Crippen LogP contribution >= 0.6 is 0 Å². The van der Waals surface area contributed by atoms with Crippen LogP contribution in [0.1, 0.15) is 55.4 Å². The third-order valence-electron chi connectivity index (χ3n) is 5.85. The van der Waals surface area contributed by atoms with Crippen LogP contribution < -0.4 is 0 Å². The maximum absolute atomic E-state index is 10.7. The number of fused-ring (bicyclic) bond motifs is 1. The van der Waals surface area contributed by atoms with Crippen molar-refractivity contribution in [2.75, 3.05) is 13.7 Å². The summed E-state index contributed by atoms with van der Waals surface area (Å²) in [6.45, 7) is 17.8. The van der Waals surface area contributed by atoms with Crippen molar-refractivity contribution in [3.05, 3.63) is 0 Å². The van der Waals surface area contributed by atoms with Gasteiger partial charge in [-0.25, -0.2) is 0 Å². The predicted molar refractivity (Wildman–Crippen MR) is 105 cm³/mol. The van der Waals surface area contributed by atoms with E-state index in [1.807, 2.05) is 0 Å². The maximum atomic E-state index is 10.7. The van der Waals surface area contributed by atoms with Crippen LogP contribution in [-0.2, 0) is 22.4 Å². The molecule has 0 aromatic heterocycles. The molecule has 2 aliphatic heterocycles. The second-order valence-electron chi connectivity index (χ2n) is 8.83. The van der Waals surface area contributed by atoms with Gasteiger partial charge < -0.3 is 27.5 Å². The third kappa shape index (κ3) is 3.71. The Kier molecular flexibility index (Phi) is 7.16. The maximum Gasteiger partial charge on any atom is 0.335 e. The Labute approximate surface area is 161 Å². The Morgan fingerprint density at radius 2 is 1.38 bits per heavy atom. The van der Waals surface area contributed by atoms with E-state index in [9.17, 15) is 5.11 Å². The fraction of sp³-hybridized carbons (Fsp3) is 1.00. The number of aliphatic hydroxyl groups excluding tert-OH is 1. The van der Waals surface area contributed by atoms with Crippen LogP contribution in [0.15, 0.2) is 0 Å². The van der Waals surface area contributed by atoms with E-state index >= 15 is 0 Å². The summed E-state index contributed by atoms with van der Waals surface area (Å²) in [5.41, 5.74) is 1.03. The Hall–Kier alpha value is 0.194. The lowest BCUT2D eigenvalue weighted by molar-refractivity contribution is -0.152. The Morgan fingerprint density at radius 1 is 0.885 bits per heavy atom. The molecule has 154 valence electrons. The van der Waals surface area contributed by atoms with Crippen LogP contribution in [0.25, 0.3) is 0 Å². The fourth-order valence-corrected chi connectivity index (χ4v) is 15.5. The number of methoxy groups -OCH3 is 1. The van der Waals surface area contributed by atoms with Gasteiger partial charge in [-0.2, -0.15) is 0 Å². The molecule has 2 saturated heterocycles. The third-order valence-corrected chi connectivity index (χ3v) is 16.1. The molecule has 0 aliphatic carbocycles. The standard InChI is InChI=1S/C18H38O6Si2/c1-11(2)25(12(3)4)21-10-15-17(16(19)18(20-9)22-15)23-26(24-25,13(5)6)14(7)8/h11-19H,10H2,1-9H3/t15-,16-,17-,18+/m0/s1. The van der Waals surface area contributed by atoms with E-state index in [-0.39, 0.29) is 28.3 Å². The molecule has 0 aromatic carbocycles. The molecule has 0 radical (unpaired) electrons. The first kappa shape index (κ1) is 22.5. The highest BCUT2D eigenvalue weighted by Gasteiger charge is 2.61. The predicted octanol–water partition coefficient (Wildman–Crippen LogP) is 3.68. The first-order valence-corrected chi connectivity index (χ1v) is 13.8. The van der Waals surface area contributed by atoms with Crippen molar-refractivity contribution < 1.29 is 27.5 Å². The van der Waals surface area contributed by atoms with E-state index in [1.54, 1.807) is 7.11 Å². The second kappa shape index (κ2) is 8.28. The summed E-state index contributed by atoms with van der Waals surface area (Å²) in [4.78, 5) is 0. The highest BCUT2D eigenvalue weighted by atomic mass is 28.5. The van der Waals surface area contributed by atoms with E-state index in [0.717, 1.165) is 0 Å². The van der Waals surface area contributed by atoms with Gasteiger partial charge in [0.2, 0.25) is 0 Å². The Bertz CT molecular complexity index is 455. The molecule has 6 nitrogen and oxygen atoms in total. The minimum atomic E-state index is -2.71. The van der Waals surface area contributed by atoms with Crippen LogP contribution in [0.3, 0.4) is 0 Å². The molecule has 0 spiro atoms. The van der Waals surface area contributed by atoms with Gasteiger partial charge in [-0.1, -0.05) is 55.4 Å². The molecule has 0 bridgehead atoms. The van der Waals surface area contributed by atoms with E-state index in [2.05, 4.69) is 55.4 Å². The van der Waals surface area contributed by atoms with Gasteiger partial charge >= 0.3 is 17.1 Å². The molecule has 1 N–H and O–H groups in total. The topological polar surface area (TPSA) is 66.4 Å². The molecule has 2 fully saturated rings. The zero-order valence-corrected chi connectivity index (χ0v) is 19.8. The van der Waals surface area contributed by atoms with Crippen molar-refractivity contribution in [1.29, 1.82) is 0 Å². The summed E-state index contributed by atoms with van der Waals surface area (Å²) < 4.78 is 31.6. The zero-order chi connectivity index (χ0) is 19.9. The van der Waals surface area contributed by atoms with Gasteiger partial charge in [-0.3, -0.25) is 0 Å². The van der Waals surface area contributed by atoms with Gasteiger partial charge in [0.15, 0.2) is 6.29 Å². The van der Waals surface area contributed by atoms with Gasteiger partial charge in [0.05, 0.1) is 6.61 Å². The van der Waals surface area contributed by atoms with Crippen LogP contribution in [-0.4, -0.2) is 60.5 Å². The van der Waals surface area contributed by atoms with E-state index in [0.29, 0.717) is 6.61 Å². The molecule has 2 rings (SSSR count). The van der Waals surface area contributed by atoms with E-state index in [1.165, 1.54) is 0 Å². The summed E-state index contributed by atoms with van der Waals surface area (Å²) in [5, 5.41) is 10.7. The molecule has 26 heavy (non-hydrogen) atoms. The molecule has 0 saturated carbocycles. The highest BCUT2D eigenvalue weighted by molar-refractivity contribution is 6.83. The van der Waals surface area contributed by atoms with Crippen LogP contribution in [0.4, 0.5) is 0 Å². The monoisotopic (exact) mass is 406 g/mol. The van der Waals surface area contributed by atoms with Crippen molar-refractivity contribution in [2.24, 2.45) is 0 Å². The Balaban J connectivity index is 2.52. The van der Waals surface area contributed by atoms with Gasteiger partial charge in [-0.05, 0) is 22.2 Å². The van der Waals surface area contributed by atoms with Crippen molar-refractivity contribution >= 4 is 17.1 Å². The minimum Gasteiger partial charge on any atom is -0.414 e. The average Bonchev–Trinajstić information content (AvgIpc) is 2.81. The van der Waals surface area contributed by atoms with Gasteiger partial charge in [-0.15, -0.1) is 0 Å². The summed E-state index contributed by atoms with van der Waals surface area (Å²) in [6, 6.07) is 0. The number of aliphatic hydroxyl groups is 1. The molecule has 8 heteroatoms. The summed E-state index contributed by atoms with van der Waals surface area (Å²) in [7, 11) is -3.73. The second-order valence-corrected chi connectivity index (χ2v) is 17.7. The number of hydrogen-bond acceptors (Lipinski definition) is 6. The fourth-order valence-electron chi connectivity index (χ4n) is 4.32. The quantitative estimate of drug-likeness (QED) is 0.703. The molecule has 4 atom stereocenters. The molecule has 0 aromatic rings. The largest absolute Gasteiger partial charge is 0.414 e.